The molecule has 0 atom stereocenters. The third-order valence-electron chi connectivity index (χ3n) is 1.28. The van der Waals surface area contributed by atoms with E-state index >= 15 is 0 Å². The van der Waals surface area contributed by atoms with Crippen LogP contribution < -0.4 is 37.2 Å². The molecule has 1 heterocycles. The molecule has 0 saturated carbocycles. The second-order valence-electron chi connectivity index (χ2n) is 2.28. The third-order valence-corrected chi connectivity index (χ3v) is 1.28. The molecule has 0 aliphatic rings. The van der Waals surface area contributed by atoms with E-state index in [1.807, 2.05) is 48.5 Å². The van der Waals surface area contributed by atoms with Crippen molar-refractivity contribution in [3.63, 3.8) is 0 Å². The summed E-state index contributed by atoms with van der Waals surface area (Å²) in [4.78, 5) is 3.87. The average molecular weight is 311 g/mol. The van der Waals surface area contributed by atoms with Gasteiger partial charge >= 0.3 is 21.7 Å². The fourth-order valence-electron chi connectivity index (χ4n) is 0.719. The molecule has 1 nitrogen and oxygen atoms in total. The standard InChI is InChI=1S/C6H6N.C5H5.3ClH.Ti/c1-6-4-2-3-5-7-6;1-2-4-5-3-1;;;;/h2-5H,1H2;1-5H;3*1H;/q2*-1;;;;+3/p-3. The summed E-state index contributed by atoms with van der Waals surface area (Å²) in [5, 5.41) is 0. The van der Waals surface area contributed by atoms with Crippen molar-refractivity contribution in [3.8, 4) is 0 Å². The maximum absolute atomic E-state index is 3.87. The van der Waals surface area contributed by atoms with Crippen LogP contribution in [0.15, 0.2) is 54.7 Å². The predicted molar refractivity (Wildman–Crippen MR) is 50.7 cm³/mol. The summed E-state index contributed by atoms with van der Waals surface area (Å²) in [6, 6.07) is 15.6. The van der Waals surface area contributed by atoms with E-state index in [0.717, 1.165) is 5.69 Å². The molecular weight excluding hydrogens is 300 g/mol. The largest absolute Gasteiger partial charge is 3.00 e. The number of hydrogen-bond donors (Lipinski definition) is 0. The van der Waals surface area contributed by atoms with Crippen LogP contribution in [0.3, 0.4) is 0 Å². The molecule has 0 amide bonds. The maximum Gasteiger partial charge on any atom is 3.00 e. The van der Waals surface area contributed by atoms with Gasteiger partial charge in [-0.2, -0.15) is 24.3 Å². The first-order valence-corrected chi connectivity index (χ1v) is 3.79. The van der Waals surface area contributed by atoms with E-state index < -0.39 is 0 Å². The molecule has 87 valence electrons. The minimum Gasteiger partial charge on any atom is -1.00 e. The van der Waals surface area contributed by atoms with Gasteiger partial charge in [-0.05, 0) is 0 Å². The van der Waals surface area contributed by atoms with Crippen molar-refractivity contribution in [2.75, 3.05) is 0 Å². The van der Waals surface area contributed by atoms with Crippen molar-refractivity contribution >= 4 is 0 Å². The second-order valence-corrected chi connectivity index (χ2v) is 2.28. The Kier molecular flexibility index (Phi) is 27.1. The van der Waals surface area contributed by atoms with Gasteiger partial charge in [0.25, 0.3) is 0 Å². The molecule has 0 spiro atoms. The molecule has 1 aromatic carbocycles. The van der Waals surface area contributed by atoms with Gasteiger partial charge in [-0.15, -0.1) is 11.8 Å². The van der Waals surface area contributed by atoms with E-state index in [1.54, 1.807) is 6.20 Å². The normalized spacial score (nSPS) is 6.25. The Hall–Kier alpha value is -0.0457. The van der Waals surface area contributed by atoms with Crippen molar-refractivity contribution in [1.82, 2.24) is 4.98 Å². The van der Waals surface area contributed by atoms with Crippen LogP contribution in [0.4, 0.5) is 0 Å². The van der Waals surface area contributed by atoms with Crippen LogP contribution in [-0.2, 0) is 21.7 Å². The summed E-state index contributed by atoms with van der Waals surface area (Å²) in [5.41, 5.74) is 0.822. The average Bonchev–Trinajstić information content (AvgIpc) is 2.62. The first kappa shape index (κ1) is 25.0. The monoisotopic (exact) mass is 310 g/mol. The fourth-order valence-corrected chi connectivity index (χ4v) is 0.719. The zero-order valence-corrected chi connectivity index (χ0v) is 12.3. The Morgan fingerprint density at radius 2 is 1.50 bits per heavy atom. The van der Waals surface area contributed by atoms with Crippen LogP contribution in [0.5, 0.6) is 0 Å². The zero-order valence-electron chi connectivity index (χ0n) is 8.48. The number of halogens is 3. The van der Waals surface area contributed by atoms with Gasteiger partial charge in [-0.1, -0.05) is 6.07 Å². The minimum absolute atomic E-state index is 0. The summed E-state index contributed by atoms with van der Waals surface area (Å²) in [7, 11) is 0. The van der Waals surface area contributed by atoms with Crippen LogP contribution in [0.25, 0.3) is 0 Å². The Labute approximate surface area is 131 Å². The molecule has 5 heteroatoms. The van der Waals surface area contributed by atoms with Crippen LogP contribution in [0.2, 0.25) is 0 Å². The smallest absolute Gasteiger partial charge is 1.00 e. The van der Waals surface area contributed by atoms with Gasteiger partial charge in [-0.3, -0.25) is 4.98 Å². The Balaban J connectivity index is -0.0000000739. The van der Waals surface area contributed by atoms with Crippen molar-refractivity contribution in [2.45, 2.75) is 0 Å². The van der Waals surface area contributed by atoms with Gasteiger partial charge < -0.3 is 37.2 Å². The van der Waals surface area contributed by atoms with Crippen molar-refractivity contribution < 1.29 is 58.9 Å². The molecule has 16 heavy (non-hydrogen) atoms. The van der Waals surface area contributed by atoms with Crippen LogP contribution in [0, 0.1) is 6.92 Å². The molecule has 0 bridgehead atoms. The van der Waals surface area contributed by atoms with E-state index in [2.05, 4.69) is 11.9 Å². The first-order chi connectivity index (χ1) is 5.89. The Morgan fingerprint density at radius 3 is 1.69 bits per heavy atom. The van der Waals surface area contributed by atoms with Gasteiger partial charge in [-0.25, -0.2) is 19.1 Å². The van der Waals surface area contributed by atoms with Crippen molar-refractivity contribution in [2.24, 2.45) is 0 Å². The summed E-state index contributed by atoms with van der Waals surface area (Å²) < 4.78 is 0. The number of aromatic nitrogens is 1. The van der Waals surface area contributed by atoms with E-state index in [1.165, 1.54) is 0 Å². The molecule has 1 aromatic heterocycles. The summed E-state index contributed by atoms with van der Waals surface area (Å²) >= 11 is 0. The maximum atomic E-state index is 3.87. The summed E-state index contributed by atoms with van der Waals surface area (Å²) in [6.07, 6.45) is 1.72. The van der Waals surface area contributed by atoms with Gasteiger partial charge in [0.1, 0.15) is 0 Å². The summed E-state index contributed by atoms with van der Waals surface area (Å²) in [6.45, 7) is 3.61. The topological polar surface area (TPSA) is 12.9 Å². The molecule has 1 radical (unpaired) electrons. The van der Waals surface area contributed by atoms with Crippen LogP contribution in [0.1, 0.15) is 5.69 Å². The quantitative estimate of drug-likeness (QED) is 0.348. The SMILES string of the molecule is [CH2-]c1ccccn1.[Cl-].[Cl-].[Cl-].[Ti+3].c1cc[cH-]c1. The molecule has 2 aromatic rings. The van der Waals surface area contributed by atoms with E-state index in [-0.39, 0.29) is 58.9 Å². The van der Waals surface area contributed by atoms with Gasteiger partial charge in [0.05, 0.1) is 0 Å². The van der Waals surface area contributed by atoms with Crippen molar-refractivity contribution in [3.05, 3.63) is 67.3 Å². The zero-order chi connectivity index (χ0) is 8.65. The predicted octanol–water partition coefficient (Wildman–Crippen LogP) is -6.32. The first-order valence-electron chi connectivity index (χ1n) is 3.79. The van der Waals surface area contributed by atoms with Crippen LogP contribution >= 0.6 is 0 Å². The van der Waals surface area contributed by atoms with Gasteiger partial charge in [0.15, 0.2) is 0 Å². The van der Waals surface area contributed by atoms with Gasteiger partial charge in [0, 0.05) is 6.20 Å². The van der Waals surface area contributed by atoms with E-state index in [0.29, 0.717) is 0 Å². The van der Waals surface area contributed by atoms with Crippen LogP contribution in [-0.4, -0.2) is 4.98 Å². The molecule has 0 aliphatic carbocycles. The molecule has 0 aliphatic heterocycles. The number of nitrogens with zero attached hydrogens (tertiary/aromatic N) is 1. The Morgan fingerprint density at radius 1 is 0.938 bits per heavy atom. The molecule has 0 unspecified atom stereocenters. The number of hydrogen-bond acceptors (Lipinski definition) is 1. The fraction of sp³-hybridized carbons (Fsp3) is 0. The minimum atomic E-state index is 0. The molecular formula is C11H11Cl3NTi-2. The Bertz CT molecular complexity index is 270. The second kappa shape index (κ2) is 17.4. The molecule has 0 fully saturated rings. The van der Waals surface area contributed by atoms with Gasteiger partial charge in [0.2, 0.25) is 0 Å². The molecule has 0 N–H and O–H groups in total. The summed E-state index contributed by atoms with van der Waals surface area (Å²) in [5.74, 6) is 0. The van der Waals surface area contributed by atoms with E-state index in [4.69, 9.17) is 0 Å². The molecule has 0 saturated heterocycles. The molecule has 2 rings (SSSR count). The number of rotatable bonds is 0. The van der Waals surface area contributed by atoms with E-state index in [9.17, 15) is 0 Å². The number of pyridine rings is 1. The van der Waals surface area contributed by atoms with Crippen molar-refractivity contribution in [1.29, 1.82) is 0 Å². The third kappa shape index (κ3) is 14.0.